The molecule has 0 aliphatic heterocycles. The van der Waals surface area contributed by atoms with Gasteiger partial charge < -0.3 is 4.74 Å². The molecule has 2 aromatic rings. The fourth-order valence-corrected chi connectivity index (χ4v) is 4.99. The van der Waals surface area contributed by atoms with E-state index < -0.39 is 29.1 Å². The monoisotopic (exact) mass is 646 g/mol. The summed E-state index contributed by atoms with van der Waals surface area (Å²) in [5.74, 6) is -3.76. The molecule has 2 aromatic carbocycles. The smallest absolute Gasteiger partial charge is 0.429 e. The van der Waals surface area contributed by atoms with Crippen molar-refractivity contribution in [2.24, 2.45) is 0 Å². The third-order valence-corrected chi connectivity index (χ3v) is 6.28. The van der Waals surface area contributed by atoms with Crippen LogP contribution in [0.4, 0.5) is 22.0 Å². The lowest BCUT2D eigenvalue weighted by Crippen LogP contribution is -2.25. The fourth-order valence-electron chi connectivity index (χ4n) is 3.28. The van der Waals surface area contributed by atoms with Gasteiger partial charge >= 0.3 is 6.11 Å². The molecule has 0 N–H and O–H groups in total. The lowest BCUT2D eigenvalue weighted by atomic mass is 9.91. The Bertz CT molecular complexity index is 984. The van der Waals surface area contributed by atoms with Gasteiger partial charge in [0.05, 0.1) is 7.14 Å². The SMILES string of the molecule is CCCC1=CC=C(c2cc(F)c(C(F)(F)Oc3cc(I)c(F)c(I)c3)c(F)c2)CC1. The molecule has 0 radical (unpaired) electrons. The van der Waals surface area contributed by atoms with E-state index in [2.05, 4.69) is 11.7 Å². The van der Waals surface area contributed by atoms with Crippen LogP contribution in [0.25, 0.3) is 5.57 Å². The second kappa shape index (κ2) is 9.54. The Morgan fingerprint density at radius 2 is 1.53 bits per heavy atom. The minimum atomic E-state index is -4.27. The van der Waals surface area contributed by atoms with Gasteiger partial charge in [-0.1, -0.05) is 31.1 Å². The molecule has 1 aliphatic carbocycles. The lowest BCUT2D eigenvalue weighted by Gasteiger charge is -2.21. The summed E-state index contributed by atoms with van der Waals surface area (Å²) in [7, 11) is 0. The van der Waals surface area contributed by atoms with Gasteiger partial charge in [0.2, 0.25) is 0 Å². The molecule has 0 aromatic heterocycles. The number of hydrogen-bond donors (Lipinski definition) is 0. The maximum atomic E-state index is 14.6. The average molecular weight is 646 g/mol. The van der Waals surface area contributed by atoms with Gasteiger partial charge in [0.1, 0.15) is 28.8 Å². The summed E-state index contributed by atoms with van der Waals surface area (Å²) in [4.78, 5) is 0. The number of rotatable bonds is 6. The van der Waals surface area contributed by atoms with Crippen LogP contribution in [-0.2, 0) is 6.11 Å². The van der Waals surface area contributed by atoms with Crippen molar-refractivity contribution >= 4 is 50.8 Å². The average Bonchev–Trinajstić information content (AvgIpc) is 2.65. The van der Waals surface area contributed by atoms with E-state index in [1.54, 1.807) is 51.3 Å². The van der Waals surface area contributed by atoms with E-state index in [9.17, 15) is 22.0 Å². The van der Waals surface area contributed by atoms with Gasteiger partial charge in [-0.3, -0.25) is 0 Å². The summed E-state index contributed by atoms with van der Waals surface area (Å²) in [5, 5.41) is 0. The van der Waals surface area contributed by atoms with Gasteiger partial charge in [-0.25, -0.2) is 13.2 Å². The first-order valence-electron chi connectivity index (χ1n) is 9.22. The van der Waals surface area contributed by atoms with Crippen LogP contribution in [0.2, 0.25) is 0 Å². The summed E-state index contributed by atoms with van der Waals surface area (Å²) in [5.41, 5.74) is 0.690. The Kier molecular flexibility index (Phi) is 7.47. The number of alkyl halides is 2. The Balaban J connectivity index is 1.91. The Morgan fingerprint density at radius 1 is 0.933 bits per heavy atom. The van der Waals surface area contributed by atoms with Gasteiger partial charge in [0, 0.05) is 0 Å². The first-order valence-corrected chi connectivity index (χ1v) is 11.4. The van der Waals surface area contributed by atoms with Crippen molar-refractivity contribution in [3.8, 4) is 5.75 Å². The van der Waals surface area contributed by atoms with E-state index in [-0.39, 0.29) is 18.5 Å². The minimum Gasteiger partial charge on any atom is -0.429 e. The predicted molar refractivity (Wildman–Crippen MR) is 123 cm³/mol. The molecule has 8 heteroatoms. The molecule has 0 saturated heterocycles. The molecular weight excluding hydrogens is 629 g/mol. The van der Waals surface area contributed by atoms with Crippen molar-refractivity contribution in [3.63, 3.8) is 0 Å². The quantitative estimate of drug-likeness (QED) is 0.174. The molecule has 30 heavy (non-hydrogen) atoms. The van der Waals surface area contributed by atoms with E-state index in [4.69, 9.17) is 0 Å². The molecule has 160 valence electrons. The zero-order chi connectivity index (χ0) is 22.1. The molecule has 0 atom stereocenters. The molecule has 0 heterocycles. The maximum absolute atomic E-state index is 14.6. The number of halogens is 7. The van der Waals surface area contributed by atoms with E-state index in [0.717, 1.165) is 43.5 Å². The Morgan fingerprint density at radius 3 is 2.03 bits per heavy atom. The highest BCUT2D eigenvalue weighted by atomic mass is 127. The first-order chi connectivity index (χ1) is 14.1. The van der Waals surface area contributed by atoms with Crippen LogP contribution in [0.15, 0.2) is 42.0 Å². The number of benzene rings is 2. The van der Waals surface area contributed by atoms with Crippen molar-refractivity contribution in [3.05, 3.63) is 77.7 Å². The van der Waals surface area contributed by atoms with Crippen LogP contribution in [0.3, 0.4) is 0 Å². The summed E-state index contributed by atoms with van der Waals surface area (Å²) >= 11 is 3.25. The van der Waals surface area contributed by atoms with Gasteiger partial charge in [-0.15, -0.1) is 0 Å². The zero-order valence-corrected chi connectivity index (χ0v) is 20.2. The van der Waals surface area contributed by atoms with Gasteiger partial charge in [0.15, 0.2) is 0 Å². The van der Waals surface area contributed by atoms with Crippen LogP contribution in [0.1, 0.15) is 43.7 Å². The molecule has 0 unspecified atom stereocenters. The molecule has 0 bridgehead atoms. The molecular formula is C22H17F5I2O. The minimum absolute atomic E-state index is 0.0568. The molecule has 3 rings (SSSR count). The van der Waals surface area contributed by atoms with Gasteiger partial charge in [-0.05, 0) is 99.8 Å². The van der Waals surface area contributed by atoms with Crippen molar-refractivity contribution < 1.29 is 26.7 Å². The largest absolute Gasteiger partial charge is 0.432 e. The van der Waals surface area contributed by atoms with Crippen LogP contribution >= 0.6 is 45.2 Å². The van der Waals surface area contributed by atoms with Crippen molar-refractivity contribution in [1.29, 1.82) is 0 Å². The first kappa shape index (κ1) is 23.5. The van der Waals surface area contributed by atoms with Gasteiger partial charge in [-0.2, -0.15) is 8.78 Å². The third-order valence-electron chi connectivity index (χ3n) is 4.71. The highest BCUT2D eigenvalue weighted by Crippen LogP contribution is 2.38. The van der Waals surface area contributed by atoms with Crippen LogP contribution < -0.4 is 4.74 Å². The normalized spacial score (nSPS) is 14.4. The summed E-state index contributed by atoms with van der Waals surface area (Å²) in [6.07, 6.45) is 2.74. The molecule has 0 fully saturated rings. The van der Waals surface area contributed by atoms with Gasteiger partial charge in [0.25, 0.3) is 0 Å². The predicted octanol–water partition coefficient (Wildman–Crippen LogP) is 8.35. The fraction of sp³-hybridized carbons (Fsp3) is 0.273. The topological polar surface area (TPSA) is 9.23 Å². The highest BCUT2D eigenvalue weighted by Gasteiger charge is 2.41. The van der Waals surface area contributed by atoms with E-state index >= 15 is 0 Å². The Hall–Kier alpha value is -1.17. The molecule has 1 aliphatic rings. The molecule has 0 spiro atoms. The second-order valence-electron chi connectivity index (χ2n) is 6.90. The summed E-state index contributed by atoms with van der Waals surface area (Å²) in [6, 6.07) is 3.89. The molecule has 0 amide bonds. The van der Waals surface area contributed by atoms with Crippen molar-refractivity contribution in [2.45, 2.75) is 38.7 Å². The van der Waals surface area contributed by atoms with Crippen LogP contribution in [0, 0.1) is 24.6 Å². The van der Waals surface area contributed by atoms with Crippen LogP contribution in [-0.4, -0.2) is 0 Å². The summed E-state index contributed by atoms with van der Waals surface area (Å²) in [6.45, 7) is 2.07. The molecule has 1 nitrogen and oxygen atoms in total. The zero-order valence-electron chi connectivity index (χ0n) is 15.8. The van der Waals surface area contributed by atoms with E-state index in [1.807, 2.05) is 6.08 Å². The lowest BCUT2D eigenvalue weighted by molar-refractivity contribution is -0.189. The number of hydrogen-bond acceptors (Lipinski definition) is 1. The van der Waals surface area contributed by atoms with Crippen molar-refractivity contribution in [1.82, 2.24) is 0 Å². The second-order valence-corrected chi connectivity index (χ2v) is 9.23. The van der Waals surface area contributed by atoms with E-state index in [1.165, 1.54) is 5.57 Å². The standard InChI is InChI=1S/C22H17F5I2O/c1-2-3-12-4-6-13(7-5-12)14-8-16(23)20(17(24)9-14)22(26,27)30-15-10-18(28)21(25)19(29)11-15/h4,6,8-11H,2-3,5,7H2,1H3. The highest BCUT2D eigenvalue weighted by molar-refractivity contribution is 14.1. The summed E-state index contributed by atoms with van der Waals surface area (Å²) < 4.78 is 76.8. The van der Waals surface area contributed by atoms with Crippen molar-refractivity contribution in [2.75, 3.05) is 0 Å². The van der Waals surface area contributed by atoms with E-state index in [0.29, 0.717) is 12.0 Å². The Labute approximate surface area is 198 Å². The maximum Gasteiger partial charge on any atom is 0.432 e. The third kappa shape index (κ3) is 5.17. The molecule has 0 saturated carbocycles. The number of allylic oxidation sites excluding steroid dienone is 4. The number of ether oxygens (including phenoxy) is 1. The van der Waals surface area contributed by atoms with Crippen LogP contribution in [0.5, 0.6) is 5.75 Å².